The lowest BCUT2D eigenvalue weighted by Crippen LogP contribution is -2.33. The van der Waals surface area contributed by atoms with Gasteiger partial charge in [0, 0.05) is 0 Å². The summed E-state index contributed by atoms with van der Waals surface area (Å²) < 4.78 is 14.4. The molecule has 0 saturated heterocycles. The number of amidine groups is 1. The molecule has 4 heteroatoms. The van der Waals surface area contributed by atoms with Crippen molar-refractivity contribution in [3.05, 3.63) is 107 Å². The molecule has 0 atom stereocenters. The minimum atomic E-state index is -0.415. The molecule has 3 aromatic carbocycles. The molecule has 0 bridgehead atoms. The van der Waals surface area contributed by atoms with E-state index < -0.39 is 5.82 Å². The molecule has 0 saturated carbocycles. The van der Waals surface area contributed by atoms with Gasteiger partial charge < -0.3 is 0 Å². The van der Waals surface area contributed by atoms with Gasteiger partial charge in [0.1, 0.15) is 11.5 Å². The first-order valence-corrected chi connectivity index (χ1v) is 8.65. The van der Waals surface area contributed by atoms with Crippen LogP contribution in [0.1, 0.15) is 16.7 Å². The summed E-state index contributed by atoms with van der Waals surface area (Å²) in [6.07, 6.45) is 1.72. The highest BCUT2D eigenvalue weighted by atomic mass is 19.1. The van der Waals surface area contributed by atoms with Crippen LogP contribution in [0.2, 0.25) is 0 Å². The summed E-state index contributed by atoms with van der Waals surface area (Å²) >= 11 is 0. The molecule has 4 rings (SSSR count). The number of anilines is 1. The fourth-order valence-electron chi connectivity index (χ4n) is 2.98. The topological polar surface area (TPSA) is 32.7 Å². The summed E-state index contributed by atoms with van der Waals surface area (Å²) in [6, 6.07) is 23.4. The first kappa shape index (κ1) is 16.9. The van der Waals surface area contributed by atoms with E-state index in [9.17, 15) is 9.18 Å². The Bertz CT molecular complexity index is 1050. The van der Waals surface area contributed by atoms with Gasteiger partial charge in [-0.05, 0) is 42.8 Å². The second kappa shape index (κ2) is 7.00. The highest BCUT2D eigenvalue weighted by molar-refractivity contribution is 6.33. The van der Waals surface area contributed by atoms with Gasteiger partial charge >= 0.3 is 0 Å². The maximum Gasteiger partial charge on any atom is 0.282 e. The molecule has 1 heterocycles. The van der Waals surface area contributed by atoms with Crippen LogP contribution in [0.15, 0.2) is 89.6 Å². The second-order valence-electron chi connectivity index (χ2n) is 6.33. The highest BCUT2D eigenvalue weighted by Gasteiger charge is 2.33. The third kappa shape index (κ3) is 3.29. The number of rotatable bonds is 3. The standard InChI is InChI=1S/C23H17FN2O/c1-16-11-13-18(14-12-16)26-22(19-9-5-6-10-20(19)24)25-21(23(26)27)15-17-7-3-2-4-8-17/h2-15H,1H3/b21-15+. The zero-order chi connectivity index (χ0) is 18.8. The van der Waals surface area contributed by atoms with Crippen LogP contribution >= 0.6 is 0 Å². The number of benzene rings is 3. The molecule has 1 aliphatic heterocycles. The van der Waals surface area contributed by atoms with Gasteiger partial charge in [-0.25, -0.2) is 9.38 Å². The third-order valence-corrected chi connectivity index (χ3v) is 4.37. The summed E-state index contributed by atoms with van der Waals surface area (Å²) in [5.74, 6) is -0.396. The monoisotopic (exact) mass is 356 g/mol. The van der Waals surface area contributed by atoms with Crippen LogP contribution in [0.4, 0.5) is 10.1 Å². The predicted molar refractivity (Wildman–Crippen MR) is 106 cm³/mol. The molecule has 0 spiro atoms. The van der Waals surface area contributed by atoms with E-state index in [0.29, 0.717) is 17.1 Å². The lowest BCUT2D eigenvalue weighted by Gasteiger charge is -2.19. The molecule has 0 aromatic heterocycles. The van der Waals surface area contributed by atoms with Crippen LogP contribution in [-0.2, 0) is 4.79 Å². The zero-order valence-electron chi connectivity index (χ0n) is 14.8. The SMILES string of the molecule is Cc1ccc(N2C(=O)/C(=C\c3ccccc3)N=C2c2ccccc2F)cc1. The molecule has 3 aromatic rings. The average Bonchev–Trinajstić information content (AvgIpc) is 3.00. The van der Waals surface area contributed by atoms with Crippen LogP contribution in [0.5, 0.6) is 0 Å². The van der Waals surface area contributed by atoms with Gasteiger partial charge in [0.15, 0.2) is 5.84 Å². The van der Waals surface area contributed by atoms with Crippen molar-refractivity contribution >= 4 is 23.5 Å². The van der Waals surface area contributed by atoms with E-state index in [-0.39, 0.29) is 11.6 Å². The van der Waals surface area contributed by atoms with Crippen LogP contribution in [0.3, 0.4) is 0 Å². The number of amides is 1. The zero-order valence-corrected chi connectivity index (χ0v) is 14.8. The summed E-state index contributed by atoms with van der Waals surface area (Å²) in [7, 11) is 0. The molecule has 132 valence electrons. The molecule has 0 aliphatic carbocycles. The number of aryl methyl sites for hydroxylation is 1. The Morgan fingerprint density at radius 2 is 1.56 bits per heavy atom. The Morgan fingerprint density at radius 3 is 2.26 bits per heavy atom. The summed E-state index contributed by atoms with van der Waals surface area (Å²) in [4.78, 5) is 19.1. The van der Waals surface area contributed by atoms with Gasteiger partial charge in [-0.3, -0.25) is 9.69 Å². The quantitative estimate of drug-likeness (QED) is 0.610. The lowest BCUT2D eigenvalue weighted by atomic mass is 10.1. The number of nitrogens with zero attached hydrogens (tertiary/aromatic N) is 2. The van der Waals surface area contributed by atoms with Crippen molar-refractivity contribution in [2.24, 2.45) is 4.99 Å². The highest BCUT2D eigenvalue weighted by Crippen LogP contribution is 2.28. The van der Waals surface area contributed by atoms with Crippen molar-refractivity contribution in [3.8, 4) is 0 Å². The number of hydrogen-bond acceptors (Lipinski definition) is 2. The smallest absolute Gasteiger partial charge is 0.266 e. The van der Waals surface area contributed by atoms with E-state index in [1.165, 1.54) is 11.0 Å². The molecule has 0 radical (unpaired) electrons. The Morgan fingerprint density at radius 1 is 0.889 bits per heavy atom. The molecule has 0 N–H and O–H groups in total. The summed E-state index contributed by atoms with van der Waals surface area (Å²) in [6.45, 7) is 1.97. The van der Waals surface area contributed by atoms with Crippen LogP contribution in [0.25, 0.3) is 6.08 Å². The van der Waals surface area contributed by atoms with Crippen LogP contribution in [-0.4, -0.2) is 11.7 Å². The van der Waals surface area contributed by atoms with Crippen molar-refractivity contribution in [2.75, 3.05) is 4.90 Å². The molecule has 1 amide bonds. The fraction of sp³-hybridized carbons (Fsp3) is 0.0435. The molecule has 0 fully saturated rings. The molecular formula is C23H17FN2O. The van der Waals surface area contributed by atoms with E-state index in [2.05, 4.69) is 4.99 Å². The number of hydrogen-bond donors (Lipinski definition) is 0. The Hall–Kier alpha value is -3.53. The Labute approximate surface area is 157 Å². The third-order valence-electron chi connectivity index (χ3n) is 4.37. The minimum absolute atomic E-state index is 0.277. The summed E-state index contributed by atoms with van der Waals surface area (Å²) in [5, 5.41) is 0. The van der Waals surface area contributed by atoms with Gasteiger partial charge in [-0.15, -0.1) is 0 Å². The molecule has 0 unspecified atom stereocenters. The molecule has 1 aliphatic rings. The molecule has 27 heavy (non-hydrogen) atoms. The molecule has 3 nitrogen and oxygen atoms in total. The number of carbonyl (C=O) groups excluding carboxylic acids is 1. The average molecular weight is 356 g/mol. The fourth-order valence-corrected chi connectivity index (χ4v) is 2.98. The van der Waals surface area contributed by atoms with Gasteiger partial charge in [0.05, 0.1) is 11.3 Å². The van der Waals surface area contributed by atoms with Crippen molar-refractivity contribution in [1.29, 1.82) is 0 Å². The molecular weight excluding hydrogens is 339 g/mol. The lowest BCUT2D eigenvalue weighted by molar-refractivity contribution is -0.113. The van der Waals surface area contributed by atoms with Crippen LogP contribution < -0.4 is 4.90 Å². The maximum absolute atomic E-state index is 14.4. The predicted octanol–water partition coefficient (Wildman–Crippen LogP) is 4.97. The van der Waals surface area contributed by atoms with Crippen molar-refractivity contribution in [3.63, 3.8) is 0 Å². The minimum Gasteiger partial charge on any atom is -0.266 e. The number of aliphatic imine (C=N–C) groups is 1. The normalized spacial score (nSPS) is 15.3. The van der Waals surface area contributed by atoms with Gasteiger partial charge in [-0.1, -0.05) is 60.2 Å². The Balaban J connectivity index is 1.85. The van der Waals surface area contributed by atoms with Gasteiger partial charge in [0.25, 0.3) is 5.91 Å². The second-order valence-corrected chi connectivity index (χ2v) is 6.33. The van der Waals surface area contributed by atoms with E-state index in [4.69, 9.17) is 0 Å². The van der Waals surface area contributed by atoms with Crippen LogP contribution in [0, 0.1) is 12.7 Å². The van der Waals surface area contributed by atoms with Crippen molar-refractivity contribution in [2.45, 2.75) is 6.92 Å². The van der Waals surface area contributed by atoms with E-state index in [1.807, 2.05) is 61.5 Å². The van der Waals surface area contributed by atoms with Crippen molar-refractivity contribution in [1.82, 2.24) is 0 Å². The first-order valence-electron chi connectivity index (χ1n) is 8.65. The number of halogens is 1. The Kier molecular flexibility index (Phi) is 4.38. The van der Waals surface area contributed by atoms with E-state index >= 15 is 0 Å². The van der Waals surface area contributed by atoms with E-state index in [0.717, 1.165) is 11.1 Å². The van der Waals surface area contributed by atoms with Gasteiger partial charge in [-0.2, -0.15) is 0 Å². The van der Waals surface area contributed by atoms with Gasteiger partial charge in [0.2, 0.25) is 0 Å². The van der Waals surface area contributed by atoms with Crippen molar-refractivity contribution < 1.29 is 9.18 Å². The van der Waals surface area contributed by atoms with E-state index in [1.54, 1.807) is 24.3 Å². The largest absolute Gasteiger partial charge is 0.282 e. The maximum atomic E-state index is 14.4. The summed E-state index contributed by atoms with van der Waals surface area (Å²) in [5.41, 5.74) is 3.17. The number of carbonyl (C=O) groups is 1. The first-order chi connectivity index (χ1) is 13.1.